The summed E-state index contributed by atoms with van der Waals surface area (Å²) >= 11 is 0. The Kier molecular flexibility index (Phi) is 5.35. The van der Waals surface area contributed by atoms with E-state index in [9.17, 15) is 0 Å². The highest BCUT2D eigenvalue weighted by atomic mass is 15.1. The lowest BCUT2D eigenvalue weighted by Crippen LogP contribution is -2.24. The van der Waals surface area contributed by atoms with Gasteiger partial charge in [-0.15, -0.1) is 12.8 Å². The van der Waals surface area contributed by atoms with Crippen LogP contribution in [0.1, 0.15) is 19.3 Å². The van der Waals surface area contributed by atoms with Gasteiger partial charge in [0.25, 0.3) is 0 Å². The van der Waals surface area contributed by atoms with E-state index < -0.39 is 0 Å². The maximum Gasteiger partial charge on any atom is -0.00218 e. The van der Waals surface area contributed by atoms with Gasteiger partial charge in [-0.05, 0) is 33.0 Å². The Morgan fingerprint density at radius 3 is 1.67 bits per heavy atom. The summed E-state index contributed by atoms with van der Waals surface area (Å²) in [5.41, 5.74) is 0. The summed E-state index contributed by atoms with van der Waals surface area (Å²) in [6.45, 7) is 2.64. The third kappa shape index (κ3) is 4.05. The predicted molar refractivity (Wildman–Crippen MR) is 41.2 cm³/mol. The first-order valence-corrected chi connectivity index (χ1v) is 3.41. The monoisotopic (exact) mass is 125 g/mol. The Morgan fingerprint density at radius 2 is 1.44 bits per heavy atom. The number of rotatable bonds is 0. The van der Waals surface area contributed by atoms with Gasteiger partial charge in [0.2, 0.25) is 0 Å². The smallest absolute Gasteiger partial charge is 0.00218 e. The zero-order valence-corrected chi connectivity index (χ0v) is 6.14. The number of likely N-dealkylation sites (tertiary alicyclic amines) is 1. The molecule has 9 heavy (non-hydrogen) atoms. The zero-order chi connectivity index (χ0) is 7.11. The molecule has 0 aromatic heterocycles. The van der Waals surface area contributed by atoms with E-state index in [1.165, 1.54) is 32.4 Å². The second kappa shape index (κ2) is 5.65. The Morgan fingerprint density at radius 1 is 1.00 bits per heavy atom. The molecule has 0 bridgehead atoms. The SMILES string of the molecule is C#C.CN1CCCCC1. The van der Waals surface area contributed by atoms with Crippen LogP contribution in [0.3, 0.4) is 0 Å². The van der Waals surface area contributed by atoms with E-state index in [0.29, 0.717) is 0 Å². The average molecular weight is 125 g/mol. The maximum atomic E-state index is 4.00. The molecule has 0 aromatic rings. The summed E-state index contributed by atoms with van der Waals surface area (Å²) in [6, 6.07) is 0. The van der Waals surface area contributed by atoms with Crippen molar-refractivity contribution in [3.63, 3.8) is 0 Å². The molecule has 52 valence electrons. The summed E-state index contributed by atoms with van der Waals surface area (Å²) < 4.78 is 0. The van der Waals surface area contributed by atoms with Crippen molar-refractivity contribution in [3.8, 4) is 12.8 Å². The van der Waals surface area contributed by atoms with Crippen molar-refractivity contribution < 1.29 is 0 Å². The van der Waals surface area contributed by atoms with Crippen molar-refractivity contribution >= 4 is 0 Å². The van der Waals surface area contributed by atoms with Gasteiger partial charge in [-0.1, -0.05) is 6.42 Å². The van der Waals surface area contributed by atoms with E-state index in [-0.39, 0.29) is 0 Å². The van der Waals surface area contributed by atoms with Crippen LogP contribution < -0.4 is 0 Å². The third-order valence-corrected chi connectivity index (χ3v) is 1.58. The summed E-state index contributed by atoms with van der Waals surface area (Å²) in [4.78, 5) is 2.39. The molecule has 1 fully saturated rings. The molecule has 0 spiro atoms. The fourth-order valence-electron chi connectivity index (χ4n) is 1.05. The van der Waals surface area contributed by atoms with Crippen LogP contribution in [0.2, 0.25) is 0 Å². The number of piperidine rings is 1. The van der Waals surface area contributed by atoms with Gasteiger partial charge in [0, 0.05) is 0 Å². The lowest BCUT2D eigenvalue weighted by atomic mass is 10.1. The summed E-state index contributed by atoms with van der Waals surface area (Å²) in [6.07, 6.45) is 12.3. The van der Waals surface area contributed by atoms with Crippen LogP contribution >= 0.6 is 0 Å². The molecule has 0 unspecified atom stereocenters. The highest BCUT2D eigenvalue weighted by molar-refractivity contribution is 4.58. The summed E-state index contributed by atoms with van der Waals surface area (Å²) in [5.74, 6) is 0. The summed E-state index contributed by atoms with van der Waals surface area (Å²) in [5, 5.41) is 0. The minimum absolute atomic E-state index is 1.32. The molecular formula is C8H15N. The van der Waals surface area contributed by atoms with Crippen LogP contribution in [0.15, 0.2) is 0 Å². The summed E-state index contributed by atoms with van der Waals surface area (Å²) in [7, 11) is 2.19. The van der Waals surface area contributed by atoms with Crippen LogP contribution in [0, 0.1) is 12.8 Å². The molecule has 1 aliphatic heterocycles. The van der Waals surface area contributed by atoms with Gasteiger partial charge in [-0.25, -0.2) is 0 Å². The average Bonchev–Trinajstić information content (AvgIpc) is 1.94. The lowest BCUT2D eigenvalue weighted by molar-refractivity contribution is 0.277. The van der Waals surface area contributed by atoms with E-state index in [0.717, 1.165) is 0 Å². The first-order valence-electron chi connectivity index (χ1n) is 3.41. The van der Waals surface area contributed by atoms with E-state index >= 15 is 0 Å². The second-order valence-corrected chi connectivity index (χ2v) is 2.36. The van der Waals surface area contributed by atoms with Gasteiger partial charge in [-0.3, -0.25) is 0 Å². The highest BCUT2D eigenvalue weighted by Crippen LogP contribution is 2.04. The van der Waals surface area contributed by atoms with E-state index in [2.05, 4.69) is 24.8 Å². The minimum Gasteiger partial charge on any atom is -0.306 e. The standard InChI is InChI=1S/C6H13N.C2H2/c1-7-5-3-2-4-6-7;1-2/h2-6H2,1H3;1-2H. The Bertz CT molecular complexity index is 69.9. The fraction of sp³-hybridized carbons (Fsp3) is 0.750. The van der Waals surface area contributed by atoms with Crippen molar-refractivity contribution in [2.75, 3.05) is 20.1 Å². The first kappa shape index (κ1) is 8.52. The van der Waals surface area contributed by atoms with Gasteiger partial charge in [0.1, 0.15) is 0 Å². The third-order valence-electron chi connectivity index (χ3n) is 1.58. The number of hydrogen-bond acceptors (Lipinski definition) is 1. The Labute approximate surface area is 58.1 Å². The van der Waals surface area contributed by atoms with Gasteiger partial charge in [0.15, 0.2) is 0 Å². The molecule has 1 heterocycles. The first-order chi connectivity index (χ1) is 4.39. The molecule has 1 saturated heterocycles. The van der Waals surface area contributed by atoms with Gasteiger partial charge < -0.3 is 4.90 Å². The van der Waals surface area contributed by atoms with Gasteiger partial charge >= 0.3 is 0 Å². The van der Waals surface area contributed by atoms with Crippen LogP contribution in [-0.4, -0.2) is 25.0 Å². The normalized spacial score (nSPS) is 19.9. The quantitative estimate of drug-likeness (QED) is 0.442. The van der Waals surface area contributed by atoms with Gasteiger partial charge in [-0.2, -0.15) is 0 Å². The molecule has 0 atom stereocenters. The molecule has 0 N–H and O–H groups in total. The topological polar surface area (TPSA) is 3.24 Å². The molecule has 0 aromatic carbocycles. The number of terminal acetylenes is 1. The second-order valence-electron chi connectivity index (χ2n) is 2.36. The zero-order valence-electron chi connectivity index (χ0n) is 6.14. The van der Waals surface area contributed by atoms with E-state index in [1.807, 2.05) is 0 Å². The van der Waals surface area contributed by atoms with Crippen LogP contribution in [0.5, 0.6) is 0 Å². The number of nitrogens with zero attached hydrogens (tertiary/aromatic N) is 1. The molecule has 0 radical (unpaired) electrons. The molecule has 0 amide bonds. The van der Waals surface area contributed by atoms with Crippen molar-refractivity contribution in [1.82, 2.24) is 4.90 Å². The van der Waals surface area contributed by atoms with E-state index in [4.69, 9.17) is 0 Å². The predicted octanol–water partition coefficient (Wildman–Crippen LogP) is 1.35. The number of hydrogen-bond donors (Lipinski definition) is 0. The molecule has 0 aliphatic carbocycles. The van der Waals surface area contributed by atoms with Crippen molar-refractivity contribution in [3.05, 3.63) is 0 Å². The molecule has 1 nitrogen and oxygen atoms in total. The van der Waals surface area contributed by atoms with E-state index in [1.54, 1.807) is 0 Å². The van der Waals surface area contributed by atoms with Crippen LogP contribution in [0.4, 0.5) is 0 Å². The largest absolute Gasteiger partial charge is 0.306 e. The fourth-order valence-corrected chi connectivity index (χ4v) is 1.05. The molecule has 0 saturated carbocycles. The van der Waals surface area contributed by atoms with Crippen LogP contribution in [-0.2, 0) is 0 Å². The molecule has 1 rings (SSSR count). The maximum absolute atomic E-state index is 4.00. The molecule has 1 aliphatic rings. The Balaban J connectivity index is 0.000000291. The molecular weight excluding hydrogens is 110 g/mol. The molecule has 1 heteroatoms. The Hall–Kier alpha value is -0.480. The lowest BCUT2D eigenvalue weighted by Gasteiger charge is -2.20. The van der Waals surface area contributed by atoms with Crippen LogP contribution in [0.25, 0.3) is 0 Å². The highest BCUT2D eigenvalue weighted by Gasteiger charge is 2.02. The minimum atomic E-state index is 1.32. The van der Waals surface area contributed by atoms with Crippen molar-refractivity contribution in [2.24, 2.45) is 0 Å². The van der Waals surface area contributed by atoms with Crippen molar-refractivity contribution in [2.45, 2.75) is 19.3 Å². The van der Waals surface area contributed by atoms with Gasteiger partial charge in [0.05, 0.1) is 0 Å². The van der Waals surface area contributed by atoms with Crippen molar-refractivity contribution in [1.29, 1.82) is 0 Å².